The third-order valence-electron chi connectivity index (χ3n) is 5.65. The Kier molecular flexibility index (Phi) is 7.18. The molecule has 0 unspecified atom stereocenters. The van der Waals surface area contributed by atoms with E-state index in [1.807, 2.05) is 32.0 Å². The van der Waals surface area contributed by atoms with Gasteiger partial charge >= 0.3 is 0 Å². The first-order valence-electron chi connectivity index (χ1n) is 10.9. The summed E-state index contributed by atoms with van der Waals surface area (Å²) in [7, 11) is 0. The Balaban J connectivity index is 1.52. The first-order valence-corrected chi connectivity index (χ1v) is 11.7. The molecule has 2 saturated heterocycles. The number of aryl methyl sites for hydroxylation is 2. The van der Waals surface area contributed by atoms with Crippen molar-refractivity contribution in [3.05, 3.63) is 68.1 Å². The summed E-state index contributed by atoms with van der Waals surface area (Å²) in [5.41, 5.74) is 3.24. The maximum atomic E-state index is 13.0. The fourth-order valence-corrected chi connectivity index (χ4v) is 4.66. The van der Waals surface area contributed by atoms with Gasteiger partial charge in [0.2, 0.25) is 0 Å². The van der Waals surface area contributed by atoms with E-state index in [0.717, 1.165) is 33.5 Å². The normalized spacial score (nSPS) is 17.5. The van der Waals surface area contributed by atoms with E-state index in [1.54, 1.807) is 12.1 Å². The molecule has 0 bridgehead atoms. The molecule has 2 aromatic rings. The molecule has 2 aromatic carbocycles. The maximum absolute atomic E-state index is 13.0. The second-order valence-corrected chi connectivity index (χ2v) is 9.04. The number of morpholine rings is 1. The molecule has 2 fully saturated rings. The number of benzene rings is 2. The van der Waals surface area contributed by atoms with Gasteiger partial charge in [0.25, 0.3) is 16.8 Å². The Morgan fingerprint density at radius 2 is 1.91 bits per heavy atom. The summed E-state index contributed by atoms with van der Waals surface area (Å²) in [6.45, 7) is 6.55. The zero-order chi connectivity index (χ0) is 24.2. The van der Waals surface area contributed by atoms with E-state index in [9.17, 15) is 19.7 Å². The van der Waals surface area contributed by atoms with E-state index in [4.69, 9.17) is 9.47 Å². The van der Waals surface area contributed by atoms with Crippen LogP contribution in [0.25, 0.3) is 6.08 Å². The zero-order valence-electron chi connectivity index (χ0n) is 19.0. The monoisotopic (exact) mass is 483 g/mol. The van der Waals surface area contributed by atoms with Crippen LogP contribution in [0.5, 0.6) is 5.75 Å². The second-order valence-electron chi connectivity index (χ2n) is 8.05. The number of thioether (sulfide) groups is 1. The molecule has 4 rings (SSSR count). The predicted molar refractivity (Wildman–Crippen MR) is 130 cm³/mol. The van der Waals surface area contributed by atoms with Crippen molar-refractivity contribution in [2.75, 3.05) is 44.4 Å². The van der Waals surface area contributed by atoms with Gasteiger partial charge in [-0.15, -0.1) is 0 Å². The van der Waals surface area contributed by atoms with Crippen molar-refractivity contribution in [2.24, 2.45) is 0 Å². The smallest absolute Gasteiger partial charge is 0.293 e. The first kappa shape index (κ1) is 23.8. The van der Waals surface area contributed by atoms with E-state index in [1.165, 1.54) is 12.1 Å². The molecular formula is C24H25N3O6S. The fourth-order valence-electron chi connectivity index (χ4n) is 3.81. The standard InChI is InChI=1S/C24H25N3O6S/c1-16-3-4-17(2)21(13-16)33-12-9-26-23(28)22(34-24(26)29)15-18-14-19(27(30)31)5-6-20(18)25-7-10-32-11-8-25/h3-6,13-15H,7-12H2,1-2H3/b22-15-. The molecule has 178 valence electrons. The van der Waals surface area contributed by atoms with Gasteiger partial charge in [-0.3, -0.25) is 24.6 Å². The highest BCUT2D eigenvalue weighted by atomic mass is 32.2. The number of nitro benzene ring substituents is 1. The van der Waals surface area contributed by atoms with Gasteiger partial charge in [-0.1, -0.05) is 12.1 Å². The van der Waals surface area contributed by atoms with Crippen LogP contribution in [0.4, 0.5) is 16.2 Å². The van der Waals surface area contributed by atoms with Crippen molar-refractivity contribution >= 4 is 40.4 Å². The highest BCUT2D eigenvalue weighted by Gasteiger charge is 2.35. The minimum Gasteiger partial charge on any atom is -0.491 e. The number of ether oxygens (including phenoxy) is 2. The van der Waals surface area contributed by atoms with Crippen LogP contribution < -0.4 is 9.64 Å². The first-order chi connectivity index (χ1) is 16.3. The van der Waals surface area contributed by atoms with Crippen molar-refractivity contribution in [1.29, 1.82) is 0 Å². The number of non-ortho nitro benzene ring substituents is 1. The van der Waals surface area contributed by atoms with Gasteiger partial charge in [-0.25, -0.2) is 0 Å². The number of carbonyl (C=O) groups is 2. The largest absolute Gasteiger partial charge is 0.491 e. The molecule has 0 N–H and O–H groups in total. The van der Waals surface area contributed by atoms with Crippen LogP contribution in [0.1, 0.15) is 16.7 Å². The third-order valence-corrected chi connectivity index (χ3v) is 6.56. The topological polar surface area (TPSA) is 102 Å². The summed E-state index contributed by atoms with van der Waals surface area (Å²) >= 11 is 0.828. The van der Waals surface area contributed by atoms with Gasteiger partial charge < -0.3 is 14.4 Å². The van der Waals surface area contributed by atoms with Gasteiger partial charge in [0.05, 0.1) is 29.6 Å². The van der Waals surface area contributed by atoms with Gasteiger partial charge in [0, 0.05) is 36.5 Å². The molecule has 2 amide bonds. The van der Waals surface area contributed by atoms with Crippen LogP contribution in [0.2, 0.25) is 0 Å². The van der Waals surface area contributed by atoms with Crippen LogP contribution in [0.3, 0.4) is 0 Å². The molecule has 2 heterocycles. The molecule has 10 heteroatoms. The lowest BCUT2D eigenvalue weighted by atomic mass is 10.1. The number of nitro groups is 1. The number of anilines is 1. The molecule has 9 nitrogen and oxygen atoms in total. The SMILES string of the molecule is Cc1ccc(C)c(OCCN2C(=O)S/C(=C\c3cc([N+](=O)[O-])ccc3N3CCOCC3)C2=O)c1. The number of imide groups is 1. The molecule has 0 atom stereocenters. The summed E-state index contributed by atoms with van der Waals surface area (Å²) in [6, 6.07) is 10.4. The van der Waals surface area contributed by atoms with E-state index in [2.05, 4.69) is 4.90 Å². The highest BCUT2D eigenvalue weighted by molar-refractivity contribution is 8.18. The number of hydrogen-bond donors (Lipinski definition) is 0. The highest BCUT2D eigenvalue weighted by Crippen LogP contribution is 2.35. The van der Waals surface area contributed by atoms with Crippen LogP contribution in [-0.4, -0.2) is 60.4 Å². The Morgan fingerprint density at radius 1 is 1.15 bits per heavy atom. The van der Waals surface area contributed by atoms with Crippen LogP contribution >= 0.6 is 11.8 Å². The minimum atomic E-state index is -0.475. The van der Waals surface area contributed by atoms with Crippen molar-refractivity contribution in [2.45, 2.75) is 13.8 Å². The molecule has 2 aliphatic heterocycles. The summed E-state index contributed by atoms with van der Waals surface area (Å²) in [5, 5.41) is 10.9. The number of hydrogen-bond acceptors (Lipinski definition) is 8. The number of rotatable bonds is 7. The number of carbonyl (C=O) groups excluding carboxylic acids is 2. The quantitative estimate of drug-likeness (QED) is 0.329. The minimum absolute atomic E-state index is 0.0792. The number of nitrogens with zero attached hydrogens (tertiary/aromatic N) is 3. The summed E-state index contributed by atoms with van der Waals surface area (Å²) in [5.74, 6) is 0.285. The molecule has 34 heavy (non-hydrogen) atoms. The molecule has 2 aliphatic rings. The van der Waals surface area contributed by atoms with Gasteiger partial charge in [0.15, 0.2) is 0 Å². The van der Waals surface area contributed by atoms with Crippen LogP contribution in [0.15, 0.2) is 41.3 Å². The Hall–Kier alpha value is -3.37. The molecular weight excluding hydrogens is 458 g/mol. The lowest BCUT2D eigenvalue weighted by molar-refractivity contribution is -0.384. The van der Waals surface area contributed by atoms with Crippen molar-refractivity contribution in [3.8, 4) is 5.75 Å². The average Bonchev–Trinajstić information content (AvgIpc) is 3.09. The van der Waals surface area contributed by atoms with Crippen molar-refractivity contribution in [1.82, 2.24) is 4.90 Å². The molecule has 0 spiro atoms. The lowest BCUT2D eigenvalue weighted by Gasteiger charge is -2.30. The fraction of sp³-hybridized carbons (Fsp3) is 0.333. The van der Waals surface area contributed by atoms with E-state index in [-0.39, 0.29) is 29.0 Å². The maximum Gasteiger partial charge on any atom is 0.293 e. The average molecular weight is 484 g/mol. The van der Waals surface area contributed by atoms with Gasteiger partial charge in [-0.05, 0) is 54.9 Å². The van der Waals surface area contributed by atoms with Gasteiger partial charge in [-0.2, -0.15) is 0 Å². The molecule has 0 aromatic heterocycles. The summed E-state index contributed by atoms with van der Waals surface area (Å²) in [4.78, 5) is 39.8. The molecule has 0 aliphatic carbocycles. The third kappa shape index (κ3) is 5.23. The van der Waals surface area contributed by atoms with E-state index >= 15 is 0 Å². The molecule has 0 saturated carbocycles. The van der Waals surface area contributed by atoms with Crippen LogP contribution in [-0.2, 0) is 9.53 Å². The Bertz CT molecular complexity index is 1160. The summed E-state index contributed by atoms with van der Waals surface area (Å²) < 4.78 is 11.2. The van der Waals surface area contributed by atoms with E-state index in [0.29, 0.717) is 37.6 Å². The molecule has 0 radical (unpaired) electrons. The number of amides is 2. The Labute approximate surface area is 201 Å². The second kappa shape index (κ2) is 10.3. The van der Waals surface area contributed by atoms with Gasteiger partial charge in [0.1, 0.15) is 12.4 Å². The van der Waals surface area contributed by atoms with Crippen molar-refractivity contribution < 1.29 is 24.0 Å². The lowest BCUT2D eigenvalue weighted by Crippen LogP contribution is -2.36. The Morgan fingerprint density at radius 3 is 2.65 bits per heavy atom. The summed E-state index contributed by atoms with van der Waals surface area (Å²) in [6.07, 6.45) is 1.56. The predicted octanol–water partition coefficient (Wildman–Crippen LogP) is 4.16. The van der Waals surface area contributed by atoms with E-state index < -0.39 is 10.8 Å². The van der Waals surface area contributed by atoms with Crippen LogP contribution in [0, 0.1) is 24.0 Å². The zero-order valence-corrected chi connectivity index (χ0v) is 19.8. The van der Waals surface area contributed by atoms with Crippen molar-refractivity contribution in [3.63, 3.8) is 0 Å².